The summed E-state index contributed by atoms with van der Waals surface area (Å²) in [6.07, 6.45) is 6.67. The summed E-state index contributed by atoms with van der Waals surface area (Å²) in [6.45, 7) is 2.29. The maximum atomic E-state index is 11.9. The molecule has 0 unspecified atom stereocenters. The van der Waals surface area contributed by atoms with Crippen molar-refractivity contribution in [3.63, 3.8) is 0 Å². The van der Waals surface area contributed by atoms with Crippen molar-refractivity contribution in [2.45, 2.75) is 76.7 Å². The molecule has 3 aliphatic rings. The van der Waals surface area contributed by atoms with Gasteiger partial charge in [-0.2, -0.15) is 0 Å². The Hall–Kier alpha value is -1.88. The second-order valence-electron chi connectivity index (χ2n) is 9.14. The van der Waals surface area contributed by atoms with Gasteiger partial charge < -0.3 is 14.9 Å². The lowest BCUT2D eigenvalue weighted by Gasteiger charge is -2.50. The number of ether oxygens (including phenoxy) is 1. The fourth-order valence-corrected chi connectivity index (χ4v) is 6.16. The second-order valence-corrected chi connectivity index (χ2v) is 9.14. The Labute approximate surface area is 166 Å². The van der Waals surface area contributed by atoms with Crippen LogP contribution in [0.5, 0.6) is 5.75 Å². The quantitative estimate of drug-likeness (QED) is 0.589. The Morgan fingerprint density at radius 3 is 2.79 bits per heavy atom. The first kappa shape index (κ1) is 19.4. The first-order chi connectivity index (χ1) is 13.4. The van der Waals surface area contributed by atoms with Crippen LogP contribution in [0.1, 0.15) is 75.3 Å². The van der Waals surface area contributed by atoms with Gasteiger partial charge in [-0.25, -0.2) is 0 Å². The zero-order valence-electron chi connectivity index (χ0n) is 16.5. The van der Waals surface area contributed by atoms with Crippen LogP contribution in [-0.4, -0.2) is 28.3 Å². The van der Waals surface area contributed by atoms with Gasteiger partial charge in [0.05, 0.1) is 6.10 Å². The number of esters is 1. The van der Waals surface area contributed by atoms with Crippen LogP contribution in [0.25, 0.3) is 0 Å². The fraction of sp³-hybridized carbons (Fsp3) is 0.652. The number of carboxylic acids is 1. The van der Waals surface area contributed by atoms with Crippen LogP contribution in [0.4, 0.5) is 0 Å². The van der Waals surface area contributed by atoms with E-state index in [0.717, 1.165) is 38.5 Å². The van der Waals surface area contributed by atoms with Gasteiger partial charge in [-0.1, -0.05) is 13.0 Å². The van der Waals surface area contributed by atoms with Gasteiger partial charge in [0.25, 0.3) is 0 Å². The van der Waals surface area contributed by atoms with Gasteiger partial charge in [-0.3, -0.25) is 9.59 Å². The summed E-state index contributed by atoms with van der Waals surface area (Å²) in [5.74, 6) is 1.11. The number of rotatable bonds is 5. The molecule has 5 heteroatoms. The van der Waals surface area contributed by atoms with Crippen molar-refractivity contribution in [2.75, 3.05) is 0 Å². The van der Waals surface area contributed by atoms with Crippen LogP contribution in [0.3, 0.4) is 0 Å². The molecule has 0 aliphatic heterocycles. The van der Waals surface area contributed by atoms with E-state index >= 15 is 0 Å². The van der Waals surface area contributed by atoms with Gasteiger partial charge in [0.15, 0.2) is 0 Å². The third-order valence-corrected chi connectivity index (χ3v) is 7.65. The Morgan fingerprint density at radius 2 is 2.00 bits per heavy atom. The minimum absolute atomic E-state index is 0.0167. The Balaban J connectivity index is 1.44. The Bertz CT molecular complexity index is 772. The number of hydrogen-bond acceptors (Lipinski definition) is 4. The number of aryl methyl sites for hydroxylation is 1. The third kappa shape index (κ3) is 3.45. The number of aliphatic carboxylic acids is 1. The molecule has 2 saturated carbocycles. The smallest absolute Gasteiger partial charge is 0.311 e. The summed E-state index contributed by atoms with van der Waals surface area (Å²) in [7, 11) is 0. The molecule has 1 aromatic rings. The van der Waals surface area contributed by atoms with E-state index in [2.05, 4.69) is 13.0 Å². The number of aliphatic hydroxyl groups excluding tert-OH is 1. The molecule has 2 N–H and O–H groups in total. The van der Waals surface area contributed by atoms with Gasteiger partial charge in [-0.05, 0) is 91.4 Å². The van der Waals surface area contributed by atoms with Gasteiger partial charge in [0, 0.05) is 12.8 Å². The monoisotopic (exact) mass is 386 g/mol. The van der Waals surface area contributed by atoms with E-state index in [0.29, 0.717) is 29.9 Å². The summed E-state index contributed by atoms with van der Waals surface area (Å²) in [4.78, 5) is 22.5. The largest absolute Gasteiger partial charge is 0.481 e. The fourth-order valence-electron chi connectivity index (χ4n) is 6.16. The highest BCUT2D eigenvalue weighted by Crippen LogP contribution is 2.60. The second kappa shape index (κ2) is 7.51. The van der Waals surface area contributed by atoms with Crippen LogP contribution < -0.4 is 4.74 Å². The summed E-state index contributed by atoms with van der Waals surface area (Å²) >= 11 is 0. The predicted octanol–water partition coefficient (Wildman–Crippen LogP) is 4.06. The topological polar surface area (TPSA) is 83.8 Å². The lowest BCUT2D eigenvalue weighted by atomic mass is 9.55. The van der Waals surface area contributed by atoms with E-state index in [4.69, 9.17) is 9.84 Å². The molecule has 0 heterocycles. The van der Waals surface area contributed by atoms with E-state index in [9.17, 15) is 14.7 Å². The van der Waals surface area contributed by atoms with Crippen LogP contribution >= 0.6 is 0 Å². The molecule has 5 atom stereocenters. The van der Waals surface area contributed by atoms with Crippen molar-refractivity contribution in [1.29, 1.82) is 0 Å². The molecule has 152 valence electrons. The molecule has 2 fully saturated rings. The van der Waals surface area contributed by atoms with Crippen molar-refractivity contribution in [3.05, 3.63) is 29.3 Å². The highest BCUT2D eigenvalue weighted by molar-refractivity contribution is 5.73. The number of aliphatic hydroxyl groups is 1. The summed E-state index contributed by atoms with van der Waals surface area (Å²) in [5.41, 5.74) is 2.76. The van der Waals surface area contributed by atoms with Crippen LogP contribution in [-0.2, 0) is 16.0 Å². The van der Waals surface area contributed by atoms with Crippen molar-refractivity contribution < 1.29 is 24.5 Å². The highest BCUT2D eigenvalue weighted by atomic mass is 16.5. The summed E-state index contributed by atoms with van der Waals surface area (Å²) < 4.78 is 5.43. The SMILES string of the molecule is C[C@]12CC[C@@H]3c4ccc(OC(=O)CCCC(=O)O)cc4CC[C@H]3[C@@H]1CC[C@@H]2O. The van der Waals surface area contributed by atoms with Crippen molar-refractivity contribution in [3.8, 4) is 5.75 Å². The standard InChI is InChI=1S/C23H30O5/c1-23-12-11-17-16-8-6-15(28-22(27)4-2-3-21(25)26)13-14(16)5-7-18(17)19(23)9-10-20(23)24/h6,8,13,17-20,24H,2-5,7,9-12H2,1H3,(H,25,26)/t17-,18-,19+,20+,23+/m1/s1. The first-order valence-corrected chi connectivity index (χ1v) is 10.6. The van der Waals surface area contributed by atoms with Crippen LogP contribution in [0.2, 0.25) is 0 Å². The molecule has 28 heavy (non-hydrogen) atoms. The first-order valence-electron chi connectivity index (χ1n) is 10.6. The average molecular weight is 386 g/mol. The van der Waals surface area contributed by atoms with E-state index < -0.39 is 5.97 Å². The van der Waals surface area contributed by atoms with E-state index in [1.165, 1.54) is 11.1 Å². The van der Waals surface area contributed by atoms with Gasteiger partial charge in [0.2, 0.25) is 0 Å². The van der Waals surface area contributed by atoms with Crippen LogP contribution in [0, 0.1) is 17.3 Å². The summed E-state index contributed by atoms with van der Waals surface area (Å²) in [6, 6.07) is 6.01. The zero-order valence-corrected chi connectivity index (χ0v) is 16.5. The molecule has 3 aliphatic carbocycles. The minimum atomic E-state index is -0.894. The molecular formula is C23H30O5. The molecule has 0 radical (unpaired) electrons. The average Bonchev–Trinajstić information content (AvgIpc) is 2.96. The number of carbonyl (C=O) groups is 2. The summed E-state index contributed by atoms with van der Waals surface area (Å²) in [5, 5.41) is 19.2. The molecular weight excluding hydrogens is 356 g/mol. The van der Waals surface area contributed by atoms with E-state index in [1.54, 1.807) is 0 Å². The zero-order chi connectivity index (χ0) is 19.9. The lowest BCUT2D eigenvalue weighted by Crippen LogP contribution is -2.43. The number of carbonyl (C=O) groups excluding carboxylic acids is 1. The molecule has 0 amide bonds. The van der Waals surface area contributed by atoms with Crippen molar-refractivity contribution in [2.24, 2.45) is 17.3 Å². The number of carboxylic acid groups (broad SMARTS) is 1. The highest BCUT2D eigenvalue weighted by Gasteiger charge is 2.54. The maximum Gasteiger partial charge on any atom is 0.311 e. The number of fused-ring (bicyclic) bond motifs is 5. The molecule has 0 bridgehead atoms. The number of benzene rings is 1. The molecule has 4 rings (SSSR count). The molecule has 5 nitrogen and oxygen atoms in total. The third-order valence-electron chi connectivity index (χ3n) is 7.65. The van der Waals surface area contributed by atoms with Gasteiger partial charge in [-0.15, -0.1) is 0 Å². The normalized spacial score (nSPS) is 33.5. The van der Waals surface area contributed by atoms with Gasteiger partial charge in [0.1, 0.15) is 5.75 Å². The van der Waals surface area contributed by atoms with E-state index in [1.807, 2.05) is 12.1 Å². The minimum Gasteiger partial charge on any atom is -0.481 e. The van der Waals surface area contributed by atoms with Crippen molar-refractivity contribution >= 4 is 11.9 Å². The molecule has 0 saturated heterocycles. The molecule has 1 aromatic carbocycles. The number of hydrogen-bond donors (Lipinski definition) is 2. The molecule has 0 aromatic heterocycles. The maximum absolute atomic E-state index is 11.9. The Morgan fingerprint density at radius 1 is 1.18 bits per heavy atom. The van der Waals surface area contributed by atoms with Crippen molar-refractivity contribution in [1.82, 2.24) is 0 Å². The lowest BCUT2D eigenvalue weighted by molar-refractivity contribution is -0.137. The van der Waals surface area contributed by atoms with Gasteiger partial charge >= 0.3 is 11.9 Å². The van der Waals surface area contributed by atoms with Crippen LogP contribution in [0.15, 0.2) is 18.2 Å². The predicted molar refractivity (Wildman–Crippen MR) is 104 cm³/mol. The van der Waals surface area contributed by atoms with E-state index in [-0.39, 0.29) is 30.3 Å². The molecule has 0 spiro atoms. The Kier molecular flexibility index (Phi) is 5.21.